The van der Waals surface area contributed by atoms with E-state index in [1.807, 2.05) is 21.1 Å². The highest BCUT2D eigenvalue weighted by atomic mass is 31.2. The van der Waals surface area contributed by atoms with Gasteiger partial charge in [0.1, 0.15) is 19.8 Å². The second-order valence-corrected chi connectivity index (χ2v) is 13.3. The first-order valence-electron chi connectivity index (χ1n) is 15.8. The zero-order valence-corrected chi connectivity index (χ0v) is 27.2. The van der Waals surface area contributed by atoms with Gasteiger partial charge in [0.05, 0.1) is 27.7 Å². The van der Waals surface area contributed by atoms with Crippen molar-refractivity contribution in [3.05, 3.63) is 0 Å². The van der Waals surface area contributed by atoms with Gasteiger partial charge in [-0.05, 0) is 12.8 Å². The van der Waals surface area contributed by atoms with Crippen LogP contribution in [0.1, 0.15) is 129 Å². The number of rotatable bonds is 28. The van der Waals surface area contributed by atoms with Crippen molar-refractivity contribution >= 4 is 19.8 Å². The fourth-order valence-electron chi connectivity index (χ4n) is 4.07. The molecular weight excluding hydrogens is 533 g/mol. The molecule has 0 heterocycles. The van der Waals surface area contributed by atoms with Crippen LogP contribution >= 0.6 is 7.82 Å². The lowest BCUT2D eigenvalue weighted by Gasteiger charge is -2.24. The lowest BCUT2D eigenvalue weighted by molar-refractivity contribution is -0.870. The van der Waals surface area contributed by atoms with E-state index in [-0.39, 0.29) is 32.0 Å². The Balaban J connectivity index is 4.42. The molecule has 40 heavy (non-hydrogen) atoms. The fourth-order valence-corrected chi connectivity index (χ4v) is 4.81. The van der Waals surface area contributed by atoms with Crippen molar-refractivity contribution in [2.45, 2.75) is 136 Å². The molecule has 1 N–H and O–H groups in total. The number of carbonyl (C=O) groups is 2. The van der Waals surface area contributed by atoms with E-state index in [4.69, 9.17) is 18.5 Å². The van der Waals surface area contributed by atoms with Gasteiger partial charge in [-0.1, -0.05) is 104 Å². The molecule has 0 saturated heterocycles. The third-order valence-corrected chi connectivity index (χ3v) is 7.62. The summed E-state index contributed by atoms with van der Waals surface area (Å²) in [5.74, 6) is -0.817. The van der Waals surface area contributed by atoms with Crippen LogP contribution in [0.25, 0.3) is 0 Å². The number of hydrogen-bond donors (Lipinski definition) is 1. The van der Waals surface area contributed by atoms with Gasteiger partial charge in [-0.25, -0.2) is 4.57 Å². The number of ether oxygens (including phenoxy) is 2. The summed E-state index contributed by atoms with van der Waals surface area (Å²) in [4.78, 5) is 34.6. The zero-order valence-electron chi connectivity index (χ0n) is 26.3. The molecular formula is C30H61NO8P+. The second kappa shape index (κ2) is 24.6. The van der Waals surface area contributed by atoms with Crippen molar-refractivity contribution in [2.24, 2.45) is 0 Å². The molecule has 0 spiro atoms. The van der Waals surface area contributed by atoms with Crippen molar-refractivity contribution in [1.82, 2.24) is 0 Å². The van der Waals surface area contributed by atoms with Crippen LogP contribution in [-0.2, 0) is 32.7 Å². The van der Waals surface area contributed by atoms with Gasteiger partial charge in [-0.3, -0.25) is 18.6 Å². The van der Waals surface area contributed by atoms with E-state index in [1.165, 1.54) is 57.8 Å². The number of phosphoric acid groups is 1. The van der Waals surface area contributed by atoms with E-state index in [9.17, 15) is 19.0 Å². The third-order valence-electron chi connectivity index (χ3n) is 6.64. The van der Waals surface area contributed by atoms with Crippen molar-refractivity contribution in [3.63, 3.8) is 0 Å². The molecule has 0 aliphatic rings. The van der Waals surface area contributed by atoms with Gasteiger partial charge in [-0.2, -0.15) is 0 Å². The summed E-state index contributed by atoms with van der Waals surface area (Å²) in [5, 5.41) is 0. The molecule has 0 aromatic carbocycles. The van der Waals surface area contributed by atoms with Gasteiger partial charge < -0.3 is 18.9 Å². The first kappa shape index (κ1) is 39.0. The smallest absolute Gasteiger partial charge is 0.462 e. The van der Waals surface area contributed by atoms with Gasteiger partial charge in [0, 0.05) is 12.8 Å². The van der Waals surface area contributed by atoms with Crippen LogP contribution in [-0.4, -0.2) is 74.9 Å². The van der Waals surface area contributed by atoms with Gasteiger partial charge in [0.15, 0.2) is 6.10 Å². The maximum Gasteiger partial charge on any atom is 0.472 e. The van der Waals surface area contributed by atoms with Crippen LogP contribution in [0.3, 0.4) is 0 Å². The van der Waals surface area contributed by atoms with Gasteiger partial charge in [0.25, 0.3) is 0 Å². The van der Waals surface area contributed by atoms with E-state index < -0.39 is 26.5 Å². The third kappa shape index (κ3) is 27.2. The van der Waals surface area contributed by atoms with E-state index in [0.29, 0.717) is 17.4 Å². The Hall–Kier alpha value is -0.990. The van der Waals surface area contributed by atoms with E-state index in [2.05, 4.69) is 13.8 Å². The topological polar surface area (TPSA) is 108 Å². The predicted octanol–water partition coefficient (Wildman–Crippen LogP) is 7.34. The van der Waals surface area contributed by atoms with Crippen LogP contribution in [0.15, 0.2) is 0 Å². The molecule has 2 atom stereocenters. The summed E-state index contributed by atoms with van der Waals surface area (Å²) in [6.07, 6.45) is 17.8. The highest BCUT2D eigenvalue weighted by Gasteiger charge is 2.27. The number of esters is 2. The molecule has 0 aliphatic carbocycles. The average molecular weight is 595 g/mol. The van der Waals surface area contributed by atoms with Crippen LogP contribution in [0.2, 0.25) is 0 Å². The molecule has 0 saturated carbocycles. The predicted molar refractivity (Wildman–Crippen MR) is 160 cm³/mol. The minimum atomic E-state index is -4.34. The van der Waals surface area contributed by atoms with E-state index in [1.54, 1.807) is 0 Å². The molecule has 238 valence electrons. The number of carbonyl (C=O) groups excluding carboxylic acids is 2. The SMILES string of the molecule is CCCCCCCCCCCCCCC(=O)OC(COC(=O)CCCCCC)COP(=O)(O)OCC[N+](C)(C)C. The minimum absolute atomic E-state index is 0.0352. The maximum atomic E-state index is 12.4. The largest absolute Gasteiger partial charge is 0.472 e. The molecule has 9 nitrogen and oxygen atoms in total. The molecule has 0 bridgehead atoms. The van der Waals surface area contributed by atoms with Crippen LogP contribution in [0, 0.1) is 0 Å². The Bertz CT molecular complexity index is 683. The second-order valence-electron chi connectivity index (χ2n) is 11.9. The standard InChI is InChI=1S/C30H60NO8P/c1-6-8-10-12-13-14-15-16-17-18-19-21-23-30(33)39-28(26-36-29(32)22-20-11-9-7-2)27-38-40(34,35)37-25-24-31(3,4)5/h28H,6-27H2,1-5H3/p+1. The maximum absolute atomic E-state index is 12.4. The molecule has 10 heteroatoms. The van der Waals surface area contributed by atoms with Crippen molar-refractivity contribution in [3.8, 4) is 0 Å². The number of likely N-dealkylation sites (N-methyl/N-ethyl adjacent to an activating group) is 1. The molecule has 0 radical (unpaired) electrons. The van der Waals surface area contributed by atoms with Crippen molar-refractivity contribution in [2.75, 3.05) is 47.5 Å². The van der Waals surface area contributed by atoms with Gasteiger partial charge >= 0.3 is 19.8 Å². The fraction of sp³-hybridized carbons (Fsp3) is 0.933. The molecule has 0 aliphatic heterocycles. The van der Waals surface area contributed by atoms with E-state index in [0.717, 1.165) is 38.5 Å². The number of hydrogen-bond acceptors (Lipinski definition) is 7. The monoisotopic (exact) mass is 594 g/mol. The lowest BCUT2D eigenvalue weighted by Crippen LogP contribution is -2.37. The average Bonchev–Trinajstić information content (AvgIpc) is 2.88. The number of nitrogens with zero attached hydrogens (tertiary/aromatic N) is 1. The summed E-state index contributed by atoms with van der Waals surface area (Å²) in [5.41, 5.74) is 0. The number of phosphoric ester groups is 1. The minimum Gasteiger partial charge on any atom is -0.462 e. The van der Waals surface area contributed by atoms with E-state index >= 15 is 0 Å². The summed E-state index contributed by atoms with van der Waals surface area (Å²) < 4.78 is 33.7. The molecule has 0 amide bonds. The Kier molecular flexibility index (Phi) is 24.0. The number of quaternary nitrogens is 1. The van der Waals surface area contributed by atoms with Crippen LogP contribution in [0.4, 0.5) is 0 Å². The highest BCUT2D eigenvalue weighted by Crippen LogP contribution is 2.43. The molecule has 0 rings (SSSR count). The van der Waals surface area contributed by atoms with Gasteiger partial charge in [-0.15, -0.1) is 0 Å². The summed E-state index contributed by atoms with van der Waals surface area (Å²) >= 11 is 0. The zero-order chi connectivity index (χ0) is 30.1. The summed E-state index contributed by atoms with van der Waals surface area (Å²) in [6, 6.07) is 0. The normalized spacial score (nSPS) is 14.1. The quantitative estimate of drug-likeness (QED) is 0.0434. The highest BCUT2D eigenvalue weighted by molar-refractivity contribution is 7.47. The number of unbranched alkanes of at least 4 members (excludes halogenated alkanes) is 14. The van der Waals surface area contributed by atoms with Crippen LogP contribution in [0.5, 0.6) is 0 Å². The first-order valence-corrected chi connectivity index (χ1v) is 17.3. The van der Waals surface area contributed by atoms with Crippen LogP contribution < -0.4 is 0 Å². The Morgan fingerprint density at radius 3 is 1.62 bits per heavy atom. The molecule has 0 aromatic heterocycles. The Morgan fingerprint density at radius 2 is 1.12 bits per heavy atom. The first-order chi connectivity index (χ1) is 19.0. The van der Waals surface area contributed by atoms with Crippen molar-refractivity contribution in [1.29, 1.82) is 0 Å². The lowest BCUT2D eigenvalue weighted by atomic mass is 10.0. The summed E-state index contributed by atoms with van der Waals surface area (Å²) in [7, 11) is 1.48. The van der Waals surface area contributed by atoms with Crippen molar-refractivity contribution < 1.29 is 42.1 Å². The Morgan fingerprint density at radius 1 is 0.675 bits per heavy atom. The summed E-state index contributed by atoms with van der Waals surface area (Å²) in [6.45, 7) is 4.26. The van der Waals surface area contributed by atoms with Gasteiger partial charge in [0.2, 0.25) is 0 Å². The molecule has 2 unspecified atom stereocenters. The molecule has 0 aromatic rings. The molecule has 0 fully saturated rings. The Labute approximate surface area is 244 Å².